The molecule has 1 N–H and O–H groups in total. The zero-order chi connectivity index (χ0) is 16.5. The summed E-state index contributed by atoms with van der Waals surface area (Å²) in [6.45, 7) is 16.7. The van der Waals surface area contributed by atoms with Crippen molar-refractivity contribution < 1.29 is 4.74 Å². The van der Waals surface area contributed by atoms with E-state index in [1.807, 2.05) is 0 Å². The largest absolute Gasteiger partial charge is 0.369 e. The maximum absolute atomic E-state index is 6.43. The minimum Gasteiger partial charge on any atom is -0.369 e. The van der Waals surface area contributed by atoms with Crippen LogP contribution in [0.4, 0.5) is 0 Å². The second kappa shape index (κ2) is 6.33. The summed E-state index contributed by atoms with van der Waals surface area (Å²) in [5.74, 6) is 0.509. The third-order valence-corrected chi connectivity index (χ3v) is 5.34. The van der Waals surface area contributed by atoms with Gasteiger partial charge in [-0.1, -0.05) is 65.3 Å². The summed E-state index contributed by atoms with van der Waals surface area (Å²) in [7, 11) is 0. The van der Waals surface area contributed by atoms with Crippen LogP contribution in [0.15, 0.2) is 24.3 Å². The van der Waals surface area contributed by atoms with Gasteiger partial charge in [-0.25, -0.2) is 0 Å². The van der Waals surface area contributed by atoms with Gasteiger partial charge in [0.1, 0.15) is 0 Å². The van der Waals surface area contributed by atoms with Crippen molar-refractivity contribution in [3.63, 3.8) is 0 Å². The number of rotatable bonds is 3. The van der Waals surface area contributed by atoms with Crippen molar-refractivity contribution in [2.45, 2.75) is 78.0 Å². The first-order chi connectivity index (χ1) is 10.2. The van der Waals surface area contributed by atoms with Gasteiger partial charge in [-0.05, 0) is 36.3 Å². The molecule has 0 spiro atoms. The Kier molecular flexibility index (Phi) is 5.03. The molecule has 0 radical (unpaired) electrons. The van der Waals surface area contributed by atoms with Crippen molar-refractivity contribution in [1.29, 1.82) is 0 Å². The number of benzene rings is 1. The normalized spacial score (nSPS) is 31.0. The molecular weight excluding hydrogens is 270 g/mol. The zero-order valence-corrected chi connectivity index (χ0v) is 15.4. The van der Waals surface area contributed by atoms with E-state index >= 15 is 0 Å². The predicted molar refractivity (Wildman–Crippen MR) is 94.3 cm³/mol. The highest BCUT2D eigenvalue weighted by Crippen LogP contribution is 2.40. The quantitative estimate of drug-likeness (QED) is 0.863. The van der Waals surface area contributed by atoms with E-state index in [0.29, 0.717) is 5.92 Å². The summed E-state index contributed by atoms with van der Waals surface area (Å²) in [6.07, 6.45) is 1.39. The Morgan fingerprint density at radius 3 is 2.36 bits per heavy atom. The van der Waals surface area contributed by atoms with E-state index in [2.05, 4.69) is 78.0 Å². The van der Waals surface area contributed by atoms with Crippen LogP contribution < -0.4 is 5.32 Å². The fourth-order valence-corrected chi connectivity index (χ4v) is 3.46. The highest BCUT2D eigenvalue weighted by atomic mass is 16.5. The lowest BCUT2D eigenvalue weighted by Crippen LogP contribution is -2.56. The van der Waals surface area contributed by atoms with E-state index in [1.54, 1.807) is 0 Å². The van der Waals surface area contributed by atoms with E-state index in [0.717, 1.165) is 13.0 Å². The number of hydrogen-bond donors (Lipinski definition) is 1. The molecule has 0 bridgehead atoms. The summed E-state index contributed by atoms with van der Waals surface area (Å²) in [5, 5.41) is 3.72. The molecule has 1 aliphatic rings. The highest BCUT2D eigenvalue weighted by molar-refractivity contribution is 5.31. The Morgan fingerprint density at radius 1 is 1.27 bits per heavy atom. The average molecular weight is 303 g/mol. The van der Waals surface area contributed by atoms with Crippen LogP contribution in [0.25, 0.3) is 0 Å². The first kappa shape index (κ1) is 17.5. The second-order valence-electron chi connectivity index (χ2n) is 8.13. The molecule has 1 heterocycles. The lowest BCUT2D eigenvalue weighted by molar-refractivity contribution is -0.155. The Hall–Kier alpha value is -0.860. The summed E-state index contributed by atoms with van der Waals surface area (Å²) in [5.41, 5.74) is 2.76. The summed E-state index contributed by atoms with van der Waals surface area (Å²) < 4.78 is 6.43. The molecule has 1 fully saturated rings. The molecule has 1 saturated heterocycles. The van der Waals surface area contributed by atoms with Crippen molar-refractivity contribution in [1.82, 2.24) is 5.32 Å². The van der Waals surface area contributed by atoms with Gasteiger partial charge < -0.3 is 10.1 Å². The topological polar surface area (TPSA) is 21.3 Å². The van der Waals surface area contributed by atoms with Crippen molar-refractivity contribution in [3.05, 3.63) is 35.4 Å². The van der Waals surface area contributed by atoms with Gasteiger partial charge in [-0.3, -0.25) is 0 Å². The van der Waals surface area contributed by atoms with Crippen molar-refractivity contribution in [3.8, 4) is 0 Å². The number of nitrogens with one attached hydrogen (secondary N) is 1. The first-order valence-corrected chi connectivity index (χ1v) is 8.70. The third-order valence-electron chi connectivity index (χ3n) is 5.34. The van der Waals surface area contributed by atoms with Gasteiger partial charge in [0, 0.05) is 6.54 Å². The number of morpholine rings is 1. The molecule has 2 rings (SSSR count). The molecule has 124 valence electrons. The number of hydrogen-bond acceptors (Lipinski definition) is 2. The van der Waals surface area contributed by atoms with Crippen LogP contribution in [0.5, 0.6) is 0 Å². The maximum atomic E-state index is 6.43. The molecular formula is C20H33NO. The Morgan fingerprint density at radius 2 is 1.86 bits per heavy atom. The van der Waals surface area contributed by atoms with E-state index in [4.69, 9.17) is 4.74 Å². The molecule has 0 saturated carbocycles. The SMILES string of the molecule is CCC(C)C1(C)OC(C)CNC1c1ccc(C(C)(C)C)cc1. The minimum atomic E-state index is -0.157. The minimum absolute atomic E-state index is 0.157. The molecule has 22 heavy (non-hydrogen) atoms. The van der Waals surface area contributed by atoms with E-state index in [9.17, 15) is 0 Å². The van der Waals surface area contributed by atoms with Gasteiger partial charge in [0.25, 0.3) is 0 Å². The molecule has 4 atom stereocenters. The van der Waals surface area contributed by atoms with Gasteiger partial charge in [0.15, 0.2) is 0 Å². The zero-order valence-electron chi connectivity index (χ0n) is 15.4. The van der Waals surface area contributed by atoms with Crippen LogP contribution in [0, 0.1) is 5.92 Å². The molecule has 2 nitrogen and oxygen atoms in total. The smallest absolute Gasteiger partial charge is 0.0877 e. The van der Waals surface area contributed by atoms with Gasteiger partial charge in [0.05, 0.1) is 17.7 Å². The van der Waals surface area contributed by atoms with E-state index in [-0.39, 0.29) is 23.2 Å². The van der Waals surface area contributed by atoms with Crippen molar-refractivity contribution in [2.24, 2.45) is 5.92 Å². The van der Waals surface area contributed by atoms with Crippen LogP contribution in [0.3, 0.4) is 0 Å². The van der Waals surface area contributed by atoms with Crippen LogP contribution in [-0.2, 0) is 10.2 Å². The Balaban J connectivity index is 2.32. The van der Waals surface area contributed by atoms with Gasteiger partial charge >= 0.3 is 0 Å². The standard InChI is InChI=1S/C20H33NO/c1-8-14(2)20(7)18(21-13-15(3)22-20)16-9-11-17(12-10-16)19(4,5)6/h9-12,14-15,18,21H,8,13H2,1-7H3. The second-order valence-corrected chi connectivity index (χ2v) is 8.13. The molecule has 2 heteroatoms. The van der Waals surface area contributed by atoms with Crippen LogP contribution in [0.1, 0.15) is 72.1 Å². The van der Waals surface area contributed by atoms with E-state index < -0.39 is 0 Å². The average Bonchev–Trinajstić information content (AvgIpc) is 2.45. The third kappa shape index (κ3) is 3.38. The van der Waals surface area contributed by atoms with Crippen molar-refractivity contribution >= 4 is 0 Å². The summed E-state index contributed by atoms with van der Waals surface area (Å²) in [4.78, 5) is 0. The van der Waals surface area contributed by atoms with Crippen molar-refractivity contribution in [2.75, 3.05) is 6.54 Å². The fraction of sp³-hybridized carbons (Fsp3) is 0.700. The Labute approximate surface area is 136 Å². The van der Waals surface area contributed by atoms with E-state index in [1.165, 1.54) is 11.1 Å². The lowest BCUT2D eigenvalue weighted by atomic mass is 9.77. The molecule has 1 aromatic carbocycles. The molecule has 1 aromatic rings. The fourth-order valence-electron chi connectivity index (χ4n) is 3.46. The lowest BCUT2D eigenvalue weighted by Gasteiger charge is -2.48. The number of ether oxygens (including phenoxy) is 1. The molecule has 0 amide bonds. The predicted octanol–water partition coefficient (Wildman–Crippen LogP) is 4.84. The van der Waals surface area contributed by atoms with Gasteiger partial charge in [-0.2, -0.15) is 0 Å². The molecule has 0 aromatic heterocycles. The first-order valence-electron chi connectivity index (χ1n) is 8.70. The Bertz CT molecular complexity index is 487. The van der Waals surface area contributed by atoms with Gasteiger partial charge in [0.2, 0.25) is 0 Å². The summed E-state index contributed by atoms with van der Waals surface area (Å²) in [6, 6.07) is 9.35. The van der Waals surface area contributed by atoms with Gasteiger partial charge in [-0.15, -0.1) is 0 Å². The maximum Gasteiger partial charge on any atom is 0.0877 e. The van der Waals surface area contributed by atoms with Crippen LogP contribution >= 0.6 is 0 Å². The molecule has 0 aliphatic carbocycles. The molecule has 4 unspecified atom stereocenters. The monoisotopic (exact) mass is 303 g/mol. The van der Waals surface area contributed by atoms with Crippen LogP contribution in [-0.4, -0.2) is 18.2 Å². The highest BCUT2D eigenvalue weighted by Gasteiger charge is 2.44. The molecule has 1 aliphatic heterocycles. The summed E-state index contributed by atoms with van der Waals surface area (Å²) >= 11 is 0. The van der Waals surface area contributed by atoms with Crippen LogP contribution in [0.2, 0.25) is 0 Å².